The van der Waals surface area contributed by atoms with Gasteiger partial charge in [0, 0.05) is 5.56 Å². The molecule has 2 aromatic rings. The number of fused-ring (bicyclic) bond motifs is 1. The van der Waals surface area contributed by atoms with Crippen molar-refractivity contribution in [2.24, 2.45) is 0 Å². The lowest BCUT2D eigenvalue weighted by molar-refractivity contribution is -0.121. The Morgan fingerprint density at radius 1 is 1.22 bits per heavy atom. The van der Waals surface area contributed by atoms with E-state index in [-0.39, 0.29) is 23.8 Å². The highest BCUT2D eigenvalue weighted by molar-refractivity contribution is 8.26. The molecule has 32 heavy (non-hydrogen) atoms. The van der Waals surface area contributed by atoms with Gasteiger partial charge in [-0.1, -0.05) is 56.9 Å². The molecule has 0 aromatic heterocycles. The molecule has 0 bridgehead atoms. The number of carbonyl (C=O) groups excluding carboxylic acids is 2. The number of ether oxygens (including phenoxy) is 2. The molecule has 0 unspecified atom stereocenters. The largest absolute Gasteiger partial charge is 0.496 e. The predicted octanol–water partition coefficient (Wildman–Crippen LogP) is 4.41. The number of hydrogen-bond donors (Lipinski definition) is 1. The molecule has 4 rings (SSSR count). The van der Waals surface area contributed by atoms with Crippen LogP contribution in [0.5, 0.6) is 11.5 Å². The molecular formula is C24H24N2O4S2. The van der Waals surface area contributed by atoms with Crippen LogP contribution in [0.1, 0.15) is 37.5 Å². The van der Waals surface area contributed by atoms with Gasteiger partial charge in [0.2, 0.25) is 0 Å². The van der Waals surface area contributed by atoms with Gasteiger partial charge in [-0.25, -0.2) is 0 Å². The van der Waals surface area contributed by atoms with Crippen molar-refractivity contribution in [3.8, 4) is 11.5 Å². The van der Waals surface area contributed by atoms with Crippen molar-refractivity contribution in [1.29, 1.82) is 0 Å². The van der Waals surface area contributed by atoms with Gasteiger partial charge in [-0.15, -0.1) is 0 Å². The number of rotatable bonds is 4. The molecule has 0 saturated carbocycles. The average Bonchev–Trinajstić information content (AvgIpc) is 3.06. The molecule has 1 saturated heterocycles. The average molecular weight is 469 g/mol. The van der Waals surface area contributed by atoms with Crippen LogP contribution in [0.2, 0.25) is 0 Å². The monoisotopic (exact) mass is 468 g/mol. The molecule has 6 nitrogen and oxygen atoms in total. The van der Waals surface area contributed by atoms with Crippen molar-refractivity contribution in [3.63, 3.8) is 0 Å². The molecule has 1 fully saturated rings. The van der Waals surface area contributed by atoms with Crippen LogP contribution in [0.4, 0.5) is 5.69 Å². The number of thioether (sulfide) groups is 1. The highest BCUT2D eigenvalue weighted by Crippen LogP contribution is 2.37. The van der Waals surface area contributed by atoms with Crippen molar-refractivity contribution >= 4 is 51.9 Å². The molecule has 1 N–H and O–H groups in total. The van der Waals surface area contributed by atoms with Gasteiger partial charge in [0.05, 0.1) is 24.2 Å². The maximum absolute atomic E-state index is 12.9. The number of nitrogens with zero attached hydrogens (tertiary/aromatic N) is 1. The maximum atomic E-state index is 12.9. The Bertz CT molecular complexity index is 1150. The van der Waals surface area contributed by atoms with Crippen LogP contribution >= 0.6 is 24.0 Å². The Morgan fingerprint density at radius 2 is 2.00 bits per heavy atom. The van der Waals surface area contributed by atoms with Crippen molar-refractivity contribution in [1.82, 2.24) is 5.32 Å². The molecule has 0 spiro atoms. The topological polar surface area (TPSA) is 67.9 Å². The molecule has 166 valence electrons. The third-order valence-corrected chi connectivity index (χ3v) is 6.50. The first-order valence-corrected chi connectivity index (χ1v) is 11.4. The zero-order chi connectivity index (χ0) is 23.0. The standard InChI is InChI=1S/C24H24N2O4S2/c1-24(2,3)16-6-8-18(29-4)15(11-16)12-26-17-9-14(5-7-19(17)30-13-21(26)27)10-20-22(28)25-23(31)32-20/h5-11H,12-13H2,1-4H3,(H,25,28,31)/b20-10+. The van der Waals surface area contributed by atoms with E-state index in [1.165, 1.54) is 11.8 Å². The molecule has 2 aromatic carbocycles. The number of thiocarbonyl (C=S) groups is 1. The maximum Gasteiger partial charge on any atom is 0.265 e. The van der Waals surface area contributed by atoms with Gasteiger partial charge < -0.3 is 19.7 Å². The second-order valence-electron chi connectivity index (χ2n) is 8.62. The van der Waals surface area contributed by atoms with Crippen LogP contribution < -0.4 is 19.7 Å². The van der Waals surface area contributed by atoms with Gasteiger partial charge in [-0.3, -0.25) is 9.59 Å². The van der Waals surface area contributed by atoms with Crippen LogP contribution in [0.15, 0.2) is 41.3 Å². The minimum absolute atomic E-state index is 0.0265. The number of carbonyl (C=O) groups is 2. The zero-order valence-corrected chi connectivity index (χ0v) is 20.0. The van der Waals surface area contributed by atoms with Crippen LogP contribution in [-0.4, -0.2) is 29.9 Å². The molecule has 0 aliphatic carbocycles. The fourth-order valence-corrected chi connectivity index (χ4v) is 4.64. The quantitative estimate of drug-likeness (QED) is 0.530. The van der Waals surface area contributed by atoms with E-state index in [0.29, 0.717) is 27.2 Å². The predicted molar refractivity (Wildman–Crippen MR) is 131 cm³/mol. The molecule has 2 aliphatic heterocycles. The summed E-state index contributed by atoms with van der Waals surface area (Å²) in [6.07, 6.45) is 1.76. The third kappa shape index (κ3) is 4.52. The van der Waals surface area contributed by atoms with Crippen LogP contribution in [0, 0.1) is 0 Å². The number of methoxy groups -OCH3 is 1. The lowest BCUT2D eigenvalue weighted by atomic mass is 9.86. The van der Waals surface area contributed by atoms with E-state index in [4.69, 9.17) is 21.7 Å². The van der Waals surface area contributed by atoms with Gasteiger partial charge in [0.15, 0.2) is 6.61 Å². The van der Waals surface area contributed by atoms with Crippen molar-refractivity contribution in [2.45, 2.75) is 32.7 Å². The van der Waals surface area contributed by atoms with E-state index in [0.717, 1.165) is 22.4 Å². The summed E-state index contributed by atoms with van der Waals surface area (Å²) in [5.41, 5.74) is 3.48. The van der Waals surface area contributed by atoms with E-state index in [9.17, 15) is 9.59 Å². The van der Waals surface area contributed by atoms with Crippen LogP contribution in [0.25, 0.3) is 6.08 Å². The summed E-state index contributed by atoms with van der Waals surface area (Å²) >= 11 is 6.28. The Balaban J connectivity index is 1.71. The Kier molecular flexibility index (Phi) is 6.01. The van der Waals surface area contributed by atoms with Crippen molar-refractivity contribution in [2.75, 3.05) is 18.6 Å². The molecule has 0 atom stereocenters. The summed E-state index contributed by atoms with van der Waals surface area (Å²) in [7, 11) is 1.63. The lowest BCUT2D eigenvalue weighted by Crippen LogP contribution is -2.38. The molecule has 0 radical (unpaired) electrons. The first-order valence-electron chi connectivity index (χ1n) is 10.1. The van der Waals surface area contributed by atoms with Gasteiger partial charge in [0.1, 0.15) is 15.8 Å². The van der Waals surface area contributed by atoms with E-state index >= 15 is 0 Å². The lowest BCUT2D eigenvalue weighted by Gasteiger charge is -2.31. The Hall–Kier alpha value is -2.84. The summed E-state index contributed by atoms with van der Waals surface area (Å²) in [5, 5.41) is 2.61. The van der Waals surface area contributed by atoms with Gasteiger partial charge in [0.25, 0.3) is 11.8 Å². The number of nitrogens with one attached hydrogen (secondary N) is 1. The minimum Gasteiger partial charge on any atom is -0.496 e. The highest BCUT2D eigenvalue weighted by Gasteiger charge is 2.28. The summed E-state index contributed by atoms with van der Waals surface area (Å²) in [5.74, 6) is 0.992. The SMILES string of the molecule is COc1ccc(C(C)(C)C)cc1CN1C(=O)COc2ccc(/C=C3/SC(=S)NC3=O)cc21. The summed E-state index contributed by atoms with van der Waals surface area (Å²) in [6.45, 7) is 6.77. The first kappa shape index (κ1) is 22.4. The first-order chi connectivity index (χ1) is 15.2. The fraction of sp³-hybridized carbons (Fsp3) is 0.292. The van der Waals surface area contributed by atoms with Gasteiger partial charge >= 0.3 is 0 Å². The number of hydrogen-bond acceptors (Lipinski definition) is 6. The van der Waals surface area contributed by atoms with E-state index in [2.05, 4.69) is 38.2 Å². The van der Waals surface area contributed by atoms with Crippen molar-refractivity contribution in [3.05, 3.63) is 58.0 Å². The van der Waals surface area contributed by atoms with Crippen LogP contribution in [0.3, 0.4) is 0 Å². The molecule has 2 amide bonds. The van der Waals surface area contributed by atoms with E-state index < -0.39 is 0 Å². The van der Waals surface area contributed by atoms with E-state index in [1.54, 1.807) is 18.1 Å². The molecular weight excluding hydrogens is 444 g/mol. The van der Waals surface area contributed by atoms with Gasteiger partial charge in [-0.05, 0) is 46.9 Å². The second kappa shape index (κ2) is 8.60. The number of benzene rings is 2. The minimum atomic E-state index is -0.217. The summed E-state index contributed by atoms with van der Waals surface area (Å²) < 4.78 is 11.7. The normalized spacial score (nSPS) is 17.3. The fourth-order valence-electron chi connectivity index (χ4n) is 3.59. The second-order valence-corrected chi connectivity index (χ2v) is 10.3. The Labute approximate surface area is 197 Å². The molecule has 2 heterocycles. The number of amides is 2. The third-order valence-electron chi connectivity index (χ3n) is 5.34. The summed E-state index contributed by atoms with van der Waals surface area (Å²) in [6, 6.07) is 11.6. The van der Waals surface area contributed by atoms with Crippen molar-refractivity contribution < 1.29 is 19.1 Å². The Morgan fingerprint density at radius 3 is 2.66 bits per heavy atom. The zero-order valence-electron chi connectivity index (χ0n) is 18.4. The highest BCUT2D eigenvalue weighted by atomic mass is 32.2. The molecule has 8 heteroatoms. The van der Waals surface area contributed by atoms with Gasteiger partial charge in [-0.2, -0.15) is 0 Å². The number of anilines is 1. The smallest absolute Gasteiger partial charge is 0.265 e. The molecule has 2 aliphatic rings. The van der Waals surface area contributed by atoms with E-state index in [1.807, 2.05) is 24.3 Å². The van der Waals surface area contributed by atoms with Crippen LogP contribution in [-0.2, 0) is 21.5 Å². The summed E-state index contributed by atoms with van der Waals surface area (Å²) in [4.78, 5) is 27.1.